The molecule has 0 fully saturated rings. The average molecular weight is 872 g/mol. The van der Waals surface area contributed by atoms with Crippen LogP contribution in [-0.2, 0) is 14.3 Å². The minimum absolute atomic E-state index is 0.0585. The van der Waals surface area contributed by atoms with Gasteiger partial charge in [-0.25, -0.2) is 0 Å². The van der Waals surface area contributed by atoms with Crippen LogP contribution >= 0.6 is 0 Å². The van der Waals surface area contributed by atoms with Crippen molar-refractivity contribution in [3.63, 3.8) is 0 Å². The highest BCUT2D eigenvalue weighted by Gasteiger charge is 2.24. The van der Waals surface area contributed by atoms with Gasteiger partial charge in [0.15, 0.2) is 0 Å². The van der Waals surface area contributed by atoms with E-state index in [1.807, 2.05) is 6.08 Å². The summed E-state index contributed by atoms with van der Waals surface area (Å²) in [7, 11) is 0. The molecule has 0 aliphatic heterocycles. The van der Waals surface area contributed by atoms with Crippen LogP contribution in [-0.4, -0.2) is 46.9 Å². The Hall–Kier alpha value is -1.92. The van der Waals surface area contributed by atoms with Crippen molar-refractivity contribution in [1.82, 2.24) is 5.32 Å². The molecule has 0 bridgehead atoms. The zero-order chi connectivity index (χ0) is 45.2. The third-order valence-corrected chi connectivity index (χ3v) is 12.5. The van der Waals surface area contributed by atoms with Gasteiger partial charge in [-0.2, -0.15) is 0 Å². The molecule has 0 spiro atoms. The molecule has 0 radical (unpaired) electrons. The summed E-state index contributed by atoms with van der Waals surface area (Å²) >= 11 is 0. The molecule has 364 valence electrons. The molecular weight excluding hydrogens is 767 g/mol. The van der Waals surface area contributed by atoms with Crippen LogP contribution in [0.5, 0.6) is 0 Å². The third-order valence-electron chi connectivity index (χ3n) is 12.5. The van der Waals surface area contributed by atoms with Crippen molar-refractivity contribution in [1.29, 1.82) is 0 Å². The molecule has 0 rings (SSSR count). The smallest absolute Gasteiger partial charge is 0.306 e. The zero-order valence-corrected chi connectivity index (χ0v) is 41.5. The number of unbranched alkanes of at least 4 members (excludes halogenated alkanes) is 33. The summed E-state index contributed by atoms with van der Waals surface area (Å²) in [4.78, 5) is 26.2. The summed E-state index contributed by atoms with van der Waals surface area (Å²) < 4.78 is 5.92. The van der Waals surface area contributed by atoms with Crippen LogP contribution in [0.15, 0.2) is 36.5 Å². The summed E-state index contributed by atoms with van der Waals surface area (Å²) in [6.07, 6.45) is 59.3. The van der Waals surface area contributed by atoms with Gasteiger partial charge < -0.3 is 20.3 Å². The highest BCUT2D eigenvalue weighted by molar-refractivity contribution is 5.77. The minimum Gasteiger partial charge on any atom is -0.462 e. The molecule has 3 atom stereocenters. The van der Waals surface area contributed by atoms with Crippen molar-refractivity contribution in [3.05, 3.63) is 36.5 Å². The lowest BCUT2D eigenvalue weighted by molar-refractivity contribution is -0.151. The molecule has 0 aliphatic rings. The second-order valence-electron chi connectivity index (χ2n) is 18.7. The van der Waals surface area contributed by atoms with Crippen LogP contribution in [0.1, 0.15) is 284 Å². The van der Waals surface area contributed by atoms with Crippen LogP contribution in [0.2, 0.25) is 0 Å². The van der Waals surface area contributed by atoms with Crippen LogP contribution in [0, 0.1) is 0 Å². The number of amides is 1. The van der Waals surface area contributed by atoms with E-state index in [0.29, 0.717) is 19.3 Å². The highest BCUT2D eigenvalue weighted by Crippen LogP contribution is 2.18. The summed E-state index contributed by atoms with van der Waals surface area (Å²) in [5.74, 6) is -0.496. The van der Waals surface area contributed by atoms with Crippen molar-refractivity contribution >= 4 is 11.9 Å². The predicted molar refractivity (Wildman–Crippen MR) is 269 cm³/mol. The van der Waals surface area contributed by atoms with Crippen molar-refractivity contribution in [3.8, 4) is 0 Å². The van der Waals surface area contributed by atoms with Gasteiger partial charge in [0.2, 0.25) is 5.91 Å². The predicted octanol–water partition coefficient (Wildman–Crippen LogP) is 16.5. The van der Waals surface area contributed by atoms with Gasteiger partial charge in [0.25, 0.3) is 0 Å². The largest absolute Gasteiger partial charge is 0.462 e. The van der Waals surface area contributed by atoms with Crippen LogP contribution in [0.3, 0.4) is 0 Å². The number of rotatable bonds is 49. The Balaban J connectivity index is 4.48. The monoisotopic (exact) mass is 872 g/mol. The maximum Gasteiger partial charge on any atom is 0.306 e. The normalized spacial score (nSPS) is 13.4. The Bertz CT molecular complexity index is 1020. The standard InChI is InChI=1S/C56H105NO5/c1-4-7-10-13-16-19-22-24-26-27-29-31-34-37-40-43-46-49-56(61)62-52(47-44-41-38-35-32-21-18-15-12-9-6-3)50-55(60)57-53(51-58)54(59)48-45-42-39-36-33-30-28-25-23-20-17-14-11-8-5-2/h9,12,15,18,21,32,52-54,58-59H,4-8,10-11,13-14,16-17,19-20,22-31,33-51H2,1-3H3,(H,57,60)/b12-9+,18-15+,32-21-. The molecule has 0 heterocycles. The maximum atomic E-state index is 13.2. The number of hydrogen-bond donors (Lipinski definition) is 3. The molecule has 6 heteroatoms. The fraction of sp³-hybridized carbons (Fsp3) is 0.857. The molecule has 0 aromatic rings. The van der Waals surface area contributed by atoms with Crippen molar-refractivity contribution < 1.29 is 24.5 Å². The zero-order valence-electron chi connectivity index (χ0n) is 41.5. The minimum atomic E-state index is -0.794. The van der Waals surface area contributed by atoms with Gasteiger partial charge in [0, 0.05) is 6.42 Å². The Morgan fingerprint density at radius 1 is 0.484 bits per heavy atom. The van der Waals surface area contributed by atoms with Gasteiger partial charge in [-0.1, -0.05) is 263 Å². The molecule has 0 aliphatic carbocycles. The topological polar surface area (TPSA) is 95.9 Å². The summed E-state index contributed by atoms with van der Waals surface area (Å²) in [6.45, 7) is 6.37. The van der Waals surface area contributed by atoms with Gasteiger partial charge >= 0.3 is 5.97 Å². The van der Waals surface area contributed by atoms with E-state index in [1.165, 1.54) is 167 Å². The Morgan fingerprint density at radius 3 is 1.31 bits per heavy atom. The van der Waals surface area contributed by atoms with E-state index < -0.39 is 18.2 Å². The van der Waals surface area contributed by atoms with Gasteiger partial charge in [0.1, 0.15) is 6.10 Å². The van der Waals surface area contributed by atoms with Crippen molar-refractivity contribution in [2.24, 2.45) is 0 Å². The Kier molecular flexibility index (Phi) is 48.5. The Morgan fingerprint density at radius 2 is 0.871 bits per heavy atom. The SMILES string of the molecule is CC/C=C/C=C/C=C\CCCCCC(CC(=O)NC(CO)C(O)CCCCCCCCCCCCCCCCC)OC(=O)CCCCCCCCCCCCCCCCCCC. The van der Waals surface area contributed by atoms with E-state index in [9.17, 15) is 19.8 Å². The first-order valence-corrected chi connectivity index (χ1v) is 27.2. The number of nitrogens with one attached hydrogen (secondary N) is 1. The van der Waals surface area contributed by atoms with Gasteiger partial charge in [0.05, 0.1) is 25.2 Å². The van der Waals surface area contributed by atoms with E-state index >= 15 is 0 Å². The highest BCUT2D eigenvalue weighted by atomic mass is 16.5. The number of aliphatic hydroxyl groups excluding tert-OH is 2. The maximum absolute atomic E-state index is 13.2. The van der Waals surface area contributed by atoms with Gasteiger partial charge in [-0.05, 0) is 44.9 Å². The number of aliphatic hydroxyl groups is 2. The Labute approximate surface area is 385 Å². The van der Waals surface area contributed by atoms with Crippen LogP contribution in [0.25, 0.3) is 0 Å². The molecule has 0 saturated heterocycles. The summed E-state index contributed by atoms with van der Waals surface area (Å²) in [6, 6.07) is -0.710. The third kappa shape index (κ3) is 44.7. The van der Waals surface area contributed by atoms with E-state index in [1.54, 1.807) is 0 Å². The lowest BCUT2D eigenvalue weighted by Crippen LogP contribution is -2.46. The van der Waals surface area contributed by atoms with Crippen molar-refractivity contribution in [2.45, 2.75) is 302 Å². The fourth-order valence-electron chi connectivity index (χ4n) is 8.43. The van der Waals surface area contributed by atoms with E-state index in [2.05, 4.69) is 56.5 Å². The molecule has 0 aromatic heterocycles. The molecule has 62 heavy (non-hydrogen) atoms. The molecule has 0 saturated carbocycles. The second-order valence-corrected chi connectivity index (χ2v) is 18.7. The number of allylic oxidation sites excluding steroid dienone is 6. The molecule has 1 amide bonds. The van der Waals surface area contributed by atoms with E-state index in [-0.39, 0.29) is 24.9 Å². The fourth-order valence-corrected chi connectivity index (χ4v) is 8.43. The van der Waals surface area contributed by atoms with Gasteiger partial charge in [-0.3, -0.25) is 9.59 Å². The first kappa shape index (κ1) is 60.1. The quantitative estimate of drug-likeness (QED) is 0.0321. The molecule has 3 N–H and O–H groups in total. The van der Waals surface area contributed by atoms with Crippen LogP contribution < -0.4 is 5.32 Å². The molecule has 0 aromatic carbocycles. The number of carbonyl (C=O) groups is 2. The van der Waals surface area contributed by atoms with Crippen LogP contribution in [0.4, 0.5) is 0 Å². The number of carbonyl (C=O) groups excluding carboxylic acids is 2. The first-order chi connectivity index (χ1) is 30.5. The number of esters is 1. The van der Waals surface area contributed by atoms with E-state index in [0.717, 1.165) is 70.6 Å². The molecule has 3 unspecified atom stereocenters. The number of ether oxygens (including phenoxy) is 1. The lowest BCUT2D eigenvalue weighted by Gasteiger charge is -2.24. The lowest BCUT2D eigenvalue weighted by atomic mass is 10.0. The van der Waals surface area contributed by atoms with Crippen molar-refractivity contribution in [2.75, 3.05) is 6.61 Å². The average Bonchev–Trinajstić information content (AvgIpc) is 3.26. The molecular formula is C56H105NO5. The molecule has 6 nitrogen and oxygen atoms in total. The summed E-state index contributed by atoms with van der Waals surface area (Å²) in [5.41, 5.74) is 0. The van der Waals surface area contributed by atoms with Gasteiger partial charge in [-0.15, -0.1) is 0 Å². The number of hydrogen-bond acceptors (Lipinski definition) is 5. The summed E-state index contributed by atoms with van der Waals surface area (Å²) in [5, 5.41) is 23.8. The first-order valence-electron chi connectivity index (χ1n) is 27.2. The second kappa shape index (κ2) is 50.1. The van der Waals surface area contributed by atoms with E-state index in [4.69, 9.17) is 4.74 Å².